The van der Waals surface area contributed by atoms with E-state index in [9.17, 15) is 0 Å². The minimum absolute atomic E-state index is 0.202. The van der Waals surface area contributed by atoms with Gasteiger partial charge in [-0.15, -0.1) is 0 Å². The molecule has 0 amide bonds. The van der Waals surface area contributed by atoms with Crippen LogP contribution < -0.4 is 10.5 Å². The van der Waals surface area contributed by atoms with Crippen molar-refractivity contribution in [2.24, 2.45) is 11.1 Å². The van der Waals surface area contributed by atoms with Gasteiger partial charge in [0.2, 0.25) is 0 Å². The van der Waals surface area contributed by atoms with E-state index in [4.69, 9.17) is 10.5 Å². The molecule has 19 heavy (non-hydrogen) atoms. The van der Waals surface area contributed by atoms with E-state index in [1.54, 1.807) is 0 Å². The van der Waals surface area contributed by atoms with E-state index in [1.165, 1.54) is 0 Å². The second kappa shape index (κ2) is 6.25. The van der Waals surface area contributed by atoms with E-state index < -0.39 is 0 Å². The summed E-state index contributed by atoms with van der Waals surface area (Å²) in [7, 11) is 0. The van der Waals surface area contributed by atoms with E-state index in [1.807, 2.05) is 24.3 Å². The van der Waals surface area contributed by atoms with Gasteiger partial charge in [0, 0.05) is 23.6 Å². The lowest BCUT2D eigenvalue weighted by Gasteiger charge is -2.42. The number of piperidine rings is 1. The second-order valence-electron chi connectivity index (χ2n) is 5.97. The summed E-state index contributed by atoms with van der Waals surface area (Å²) in [5, 5.41) is 0. The average Bonchev–Trinajstić information content (AvgIpc) is 2.33. The molecule has 1 aromatic rings. The van der Waals surface area contributed by atoms with Gasteiger partial charge in [-0.1, -0.05) is 35.8 Å². The molecule has 4 heteroatoms. The summed E-state index contributed by atoms with van der Waals surface area (Å²) >= 11 is 3.45. The highest BCUT2D eigenvalue weighted by molar-refractivity contribution is 9.10. The summed E-state index contributed by atoms with van der Waals surface area (Å²) in [4.78, 5) is 2.45. The Morgan fingerprint density at radius 3 is 2.95 bits per heavy atom. The molecule has 0 aromatic heterocycles. The van der Waals surface area contributed by atoms with Gasteiger partial charge in [0.25, 0.3) is 0 Å². The predicted molar refractivity (Wildman–Crippen MR) is 82.5 cm³/mol. The molecule has 1 heterocycles. The second-order valence-corrected chi connectivity index (χ2v) is 6.88. The molecule has 0 radical (unpaired) electrons. The van der Waals surface area contributed by atoms with Crippen LogP contribution in [0.15, 0.2) is 28.7 Å². The van der Waals surface area contributed by atoms with Gasteiger partial charge in [0.1, 0.15) is 12.4 Å². The van der Waals surface area contributed by atoms with Crippen molar-refractivity contribution in [1.82, 2.24) is 4.90 Å². The fraction of sp³-hybridized carbons (Fsp3) is 0.600. The Hall–Kier alpha value is -0.580. The maximum Gasteiger partial charge on any atom is 0.120 e. The quantitative estimate of drug-likeness (QED) is 0.924. The monoisotopic (exact) mass is 326 g/mol. The van der Waals surface area contributed by atoms with Crippen LogP contribution in [0.5, 0.6) is 5.75 Å². The molecule has 1 aromatic carbocycles. The summed E-state index contributed by atoms with van der Waals surface area (Å²) in [6.45, 7) is 8.31. The number of hydrogen-bond donors (Lipinski definition) is 1. The topological polar surface area (TPSA) is 38.5 Å². The molecule has 0 bridgehead atoms. The van der Waals surface area contributed by atoms with Crippen LogP contribution in [-0.4, -0.2) is 37.2 Å². The van der Waals surface area contributed by atoms with Gasteiger partial charge in [-0.2, -0.15) is 0 Å². The lowest BCUT2D eigenvalue weighted by atomic mass is 9.80. The molecule has 0 saturated carbocycles. The first-order valence-corrected chi connectivity index (χ1v) is 7.63. The highest BCUT2D eigenvalue weighted by Crippen LogP contribution is 2.27. The third-order valence-corrected chi connectivity index (χ3v) is 4.36. The zero-order chi connectivity index (χ0) is 13.9. The summed E-state index contributed by atoms with van der Waals surface area (Å²) in [5.41, 5.74) is 6.35. The van der Waals surface area contributed by atoms with Gasteiger partial charge in [-0.05, 0) is 36.6 Å². The molecule has 2 N–H and O–H groups in total. The number of likely N-dealkylation sites (tertiary alicyclic amines) is 1. The van der Waals surface area contributed by atoms with Crippen LogP contribution in [0.25, 0.3) is 0 Å². The van der Waals surface area contributed by atoms with Gasteiger partial charge < -0.3 is 10.5 Å². The van der Waals surface area contributed by atoms with Crippen LogP contribution in [0.3, 0.4) is 0 Å². The van der Waals surface area contributed by atoms with Gasteiger partial charge in [0.15, 0.2) is 0 Å². The molecule has 1 unspecified atom stereocenters. The van der Waals surface area contributed by atoms with Gasteiger partial charge >= 0.3 is 0 Å². The molecule has 1 aliphatic rings. The number of nitrogens with two attached hydrogens (primary N) is 1. The highest BCUT2D eigenvalue weighted by atomic mass is 79.9. The molecule has 3 nitrogen and oxygen atoms in total. The average molecular weight is 327 g/mol. The maximum absolute atomic E-state index is 6.15. The smallest absolute Gasteiger partial charge is 0.120 e. The summed E-state index contributed by atoms with van der Waals surface area (Å²) in [6, 6.07) is 8.29. The number of halogens is 1. The fourth-order valence-electron chi connectivity index (χ4n) is 2.53. The Kier molecular flexibility index (Phi) is 4.87. The third kappa shape index (κ3) is 4.20. The number of ether oxygens (including phenoxy) is 1. The van der Waals surface area contributed by atoms with Crippen molar-refractivity contribution in [3.05, 3.63) is 28.7 Å². The Bertz CT molecular complexity index is 422. The van der Waals surface area contributed by atoms with Gasteiger partial charge in [-0.3, -0.25) is 4.90 Å². The van der Waals surface area contributed by atoms with Crippen LogP contribution >= 0.6 is 15.9 Å². The number of nitrogens with zero attached hydrogens (tertiary/aromatic N) is 1. The van der Waals surface area contributed by atoms with Crippen molar-refractivity contribution in [2.45, 2.75) is 26.3 Å². The van der Waals surface area contributed by atoms with Crippen LogP contribution in [0.2, 0.25) is 0 Å². The van der Waals surface area contributed by atoms with Crippen molar-refractivity contribution < 1.29 is 4.74 Å². The standard InChI is InChI=1S/C15H23BrN2O/c1-15(2)11-18(7-6-14(15)17)8-9-19-13-5-3-4-12(16)10-13/h3-5,10,14H,6-9,11,17H2,1-2H3. The van der Waals surface area contributed by atoms with E-state index >= 15 is 0 Å². The minimum Gasteiger partial charge on any atom is -0.492 e. The predicted octanol–water partition coefficient (Wildman–Crippen LogP) is 2.89. The Morgan fingerprint density at radius 2 is 2.26 bits per heavy atom. The van der Waals surface area contributed by atoms with Crippen molar-refractivity contribution in [2.75, 3.05) is 26.2 Å². The largest absolute Gasteiger partial charge is 0.492 e. The molecular weight excluding hydrogens is 304 g/mol. The lowest BCUT2D eigenvalue weighted by Crippen LogP contribution is -2.53. The molecule has 106 valence electrons. The first-order valence-electron chi connectivity index (χ1n) is 6.84. The number of rotatable bonds is 4. The van der Waals surface area contributed by atoms with Gasteiger partial charge in [0.05, 0.1) is 0 Å². The van der Waals surface area contributed by atoms with Crippen LogP contribution in [-0.2, 0) is 0 Å². The van der Waals surface area contributed by atoms with Crippen LogP contribution in [0.1, 0.15) is 20.3 Å². The van der Waals surface area contributed by atoms with Crippen LogP contribution in [0, 0.1) is 5.41 Å². The number of benzene rings is 1. The normalized spacial score (nSPS) is 23.3. The van der Waals surface area contributed by atoms with E-state index in [0.717, 1.165) is 42.9 Å². The molecule has 0 aliphatic carbocycles. The molecule has 1 atom stereocenters. The van der Waals surface area contributed by atoms with Gasteiger partial charge in [-0.25, -0.2) is 0 Å². The first-order chi connectivity index (χ1) is 8.97. The molecule has 1 fully saturated rings. The fourth-order valence-corrected chi connectivity index (χ4v) is 2.90. The summed E-state index contributed by atoms with van der Waals surface area (Å²) < 4.78 is 6.83. The van der Waals surface area contributed by atoms with E-state index in [0.29, 0.717) is 6.04 Å². The first kappa shape index (κ1) is 14.8. The lowest BCUT2D eigenvalue weighted by molar-refractivity contribution is 0.0831. The Balaban J connectivity index is 1.77. The highest BCUT2D eigenvalue weighted by Gasteiger charge is 2.32. The van der Waals surface area contributed by atoms with Crippen molar-refractivity contribution >= 4 is 15.9 Å². The van der Waals surface area contributed by atoms with Crippen molar-refractivity contribution in [1.29, 1.82) is 0 Å². The Labute approximate surface area is 124 Å². The van der Waals surface area contributed by atoms with E-state index in [2.05, 4.69) is 34.7 Å². The third-order valence-electron chi connectivity index (χ3n) is 3.86. The molecule has 1 saturated heterocycles. The van der Waals surface area contributed by atoms with Crippen molar-refractivity contribution in [3.63, 3.8) is 0 Å². The molecule has 0 spiro atoms. The summed E-state index contributed by atoms with van der Waals surface area (Å²) in [6.07, 6.45) is 1.07. The Morgan fingerprint density at radius 1 is 1.47 bits per heavy atom. The van der Waals surface area contributed by atoms with Crippen LogP contribution in [0.4, 0.5) is 0 Å². The summed E-state index contributed by atoms with van der Waals surface area (Å²) in [5.74, 6) is 0.919. The zero-order valence-corrected chi connectivity index (χ0v) is 13.3. The SMILES string of the molecule is CC1(C)CN(CCOc2cccc(Br)c2)CCC1N. The van der Waals surface area contributed by atoms with Crippen molar-refractivity contribution in [3.8, 4) is 5.75 Å². The maximum atomic E-state index is 6.15. The number of hydrogen-bond acceptors (Lipinski definition) is 3. The molecule has 2 rings (SSSR count). The molecular formula is C15H23BrN2O. The minimum atomic E-state index is 0.202. The zero-order valence-electron chi connectivity index (χ0n) is 11.7. The van der Waals surface area contributed by atoms with E-state index in [-0.39, 0.29) is 5.41 Å². The molecule has 1 aliphatic heterocycles.